The number of aliphatic hydroxyl groups is 2. The summed E-state index contributed by atoms with van der Waals surface area (Å²) < 4.78 is 11.4. The molecular weight excluding hydrogens is 316 g/mol. The van der Waals surface area contributed by atoms with Gasteiger partial charge < -0.3 is 19.7 Å². The van der Waals surface area contributed by atoms with Gasteiger partial charge in [-0.25, -0.2) is 0 Å². The Morgan fingerprint density at radius 1 is 1.40 bits per heavy atom. The number of methoxy groups -OCH3 is 1. The van der Waals surface area contributed by atoms with E-state index in [2.05, 4.69) is 6.58 Å². The summed E-state index contributed by atoms with van der Waals surface area (Å²) in [7, 11) is 1.64. The molecule has 25 heavy (non-hydrogen) atoms. The third-order valence-corrected chi connectivity index (χ3v) is 4.96. The first-order chi connectivity index (χ1) is 11.6. The number of ether oxygens (including phenoxy) is 2. The second kappa shape index (κ2) is 8.00. The van der Waals surface area contributed by atoms with E-state index in [1.54, 1.807) is 27.0 Å². The molecule has 0 amide bonds. The molecule has 0 radical (unpaired) electrons. The second-order valence-electron chi connectivity index (χ2n) is 7.95. The lowest BCUT2D eigenvalue weighted by Crippen LogP contribution is -2.38. The van der Waals surface area contributed by atoms with Crippen LogP contribution in [0.1, 0.15) is 40.0 Å². The van der Waals surface area contributed by atoms with Crippen molar-refractivity contribution in [3.63, 3.8) is 0 Å². The lowest BCUT2D eigenvalue weighted by atomic mass is 9.75. The van der Waals surface area contributed by atoms with Crippen LogP contribution in [0.5, 0.6) is 0 Å². The van der Waals surface area contributed by atoms with Gasteiger partial charge in [-0.2, -0.15) is 0 Å². The molecule has 2 N–H and O–H groups in total. The van der Waals surface area contributed by atoms with Gasteiger partial charge in [0.15, 0.2) is 6.29 Å². The quantitative estimate of drug-likeness (QED) is 0.766. The summed E-state index contributed by atoms with van der Waals surface area (Å²) in [5.74, 6) is 0.399. The van der Waals surface area contributed by atoms with Gasteiger partial charge >= 0.3 is 0 Å². The van der Waals surface area contributed by atoms with Gasteiger partial charge in [-0.15, -0.1) is 0 Å². The van der Waals surface area contributed by atoms with Gasteiger partial charge in [0.05, 0.1) is 17.8 Å². The Balaban J connectivity index is 2.34. The van der Waals surface area contributed by atoms with Crippen molar-refractivity contribution in [2.45, 2.75) is 57.5 Å². The minimum Gasteiger partial charge on any atom is -0.386 e. The summed E-state index contributed by atoms with van der Waals surface area (Å²) in [5.41, 5.74) is 0.470. The van der Waals surface area contributed by atoms with Crippen molar-refractivity contribution in [3.05, 3.63) is 48.1 Å². The Morgan fingerprint density at radius 2 is 2.12 bits per heavy atom. The van der Waals surface area contributed by atoms with E-state index in [1.165, 1.54) is 0 Å². The fraction of sp³-hybridized carbons (Fsp3) is 0.619. The zero-order valence-electron chi connectivity index (χ0n) is 15.9. The number of allylic oxidation sites excluding steroid dienone is 3. The van der Waals surface area contributed by atoms with Crippen molar-refractivity contribution in [3.8, 4) is 0 Å². The summed E-state index contributed by atoms with van der Waals surface area (Å²) in [4.78, 5) is 0. The van der Waals surface area contributed by atoms with Crippen molar-refractivity contribution < 1.29 is 19.7 Å². The minimum absolute atomic E-state index is 0.198. The van der Waals surface area contributed by atoms with E-state index in [0.29, 0.717) is 13.0 Å². The average molecular weight is 348 g/mol. The highest BCUT2D eigenvalue weighted by Gasteiger charge is 2.38. The molecule has 1 aliphatic heterocycles. The molecule has 2 rings (SSSR count). The molecule has 1 fully saturated rings. The highest BCUT2D eigenvalue weighted by atomic mass is 16.7. The zero-order valence-corrected chi connectivity index (χ0v) is 15.9. The van der Waals surface area contributed by atoms with Crippen molar-refractivity contribution in [2.24, 2.45) is 11.8 Å². The van der Waals surface area contributed by atoms with Crippen molar-refractivity contribution in [2.75, 3.05) is 13.7 Å². The van der Waals surface area contributed by atoms with Gasteiger partial charge in [0, 0.05) is 13.0 Å². The zero-order chi connectivity index (χ0) is 18.7. The molecule has 1 heterocycles. The molecule has 0 saturated carbocycles. The van der Waals surface area contributed by atoms with Crippen molar-refractivity contribution in [1.82, 2.24) is 0 Å². The molecule has 0 aromatic rings. The van der Waals surface area contributed by atoms with E-state index in [0.717, 1.165) is 24.0 Å². The van der Waals surface area contributed by atoms with Gasteiger partial charge in [-0.3, -0.25) is 0 Å². The van der Waals surface area contributed by atoms with E-state index in [1.807, 2.05) is 31.2 Å². The maximum atomic E-state index is 10.5. The maximum absolute atomic E-state index is 10.5. The lowest BCUT2D eigenvalue weighted by molar-refractivity contribution is -0.136. The standard InChI is InChI=1S/C21H32O4/c1-15-8-6-12-21(4,23)13-10-16-17(9-7-11-20(2,3)22)19(24-5)25-14-18(15)16/h6-7,9,11-12,16,18-19,22-23H,1,8,10,13-14H2,2-5H3. The van der Waals surface area contributed by atoms with Crippen molar-refractivity contribution >= 4 is 0 Å². The fourth-order valence-electron chi connectivity index (χ4n) is 3.53. The van der Waals surface area contributed by atoms with Crippen LogP contribution in [-0.2, 0) is 9.47 Å². The summed E-state index contributed by atoms with van der Waals surface area (Å²) in [6.07, 6.45) is 11.3. The predicted molar refractivity (Wildman–Crippen MR) is 100 cm³/mol. The normalized spacial score (nSPS) is 36.2. The summed E-state index contributed by atoms with van der Waals surface area (Å²) in [6.45, 7) is 10.1. The van der Waals surface area contributed by atoms with E-state index >= 15 is 0 Å². The molecule has 140 valence electrons. The van der Waals surface area contributed by atoms with Crippen LogP contribution in [0.15, 0.2) is 48.1 Å². The largest absolute Gasteiger partial charge is 0.386 e. The van der Waals surface area contributed by atoms with Crippen LogP contribution in [0.2, 0.25) is 0 Å². The van der Waals surface area contributed by atoms with Gasteiger partial charge in [0.2, 0.25) is 0 Å². The van der Waals surface area contributed by atoms with Crippen LogP contribution in [0, 0.1) is 11.8 Å². The maximum Gasteiger partial charge on any atom is 0.180 e. The SMILES string of the molecule is C=C1CC=CC(C)(O)CCC2C(=CC=CC(C)(C)O)C(OC)OCC12. The average Bonchev–Trinajstić information content (AvgIpc) is 2.56. The highest BCUT2D eigenvalue weighted by Crippen LogP contribution is 2.41. The molecule has 4 heteroatoms. The number of hydrogen-bond acceptors (Lipinski definition) is 4. The molecule has 4 nitrogen and oxygen atoms in total. The molecular formula is C21H32O4. The molecule has 2 aliphatic rings. The van der Waals surface area contributed by atoms with Crippen LogP contribution >= 0.6 is 0 Å². The molecule has 4 atom stereocenters. The molecule has 0 bridgehead atoms. The summed E-state index contributed by atoms with van der Waals surface area (Å²) >= 11 is 0. The number of hydrogen-bond donors (Lipinski definition) is 2. The predicted octanol–water partition coefficient (Wildman–Crippen LogP) is 3.52. The minimum atomic E-state index is -0.871. The van der Waals surface area contributed by atoms with Crippen molar-refractivity contribution in [1.29, 1.82) is 0 Å². The molecule has 0 aromatic carbocycles. The molecule has 1 saturated heterocycles. The van der Waals surface area contributed by atoms with Crippen LogP contribution in [-0.4, -0.2) is 41.4 Å². The Kier molecular flexibility index (Phi) is 6.44. The first kappa shape index (κ1) is 20.1. The Morgan fingerprint density at radius 3 is 2.76 bits per heavy atom. The fourth-order valence-corrected chi connectivity index (χ4v) is 3.53. The Bertz CT molecular complexity index is 563. The Labute approximate surface area is 151 Å². The van der Waals surface area contributed by atoms with E-state index in [9.17, 15) is 10.2 Å². The topological polar surface area (TPSA) is 58.9 Å². The summed E-state index contributed by atoms with van der Waals surface area (Å²) in [5, 5.41) is 20.4. The number of fused-ring (bicyclic) bond motifs is 1. The first-order valence-electron chi connectivity index (χ1n) is 8.97. The van der Waals surface area contributed by atoms with Gasteiger partial charge in [0.25, 0.3) is 0 Å². The molecule has 0 spiro atoms. The molecule has 4 unspecified atom stereocenters. The number of rotatable bonds is 3. The van der Waals surface area contributed by atoms with Crippen LogP contribution < -0.4 is 0 Å². The Hall–Kier alpha value is -1.20. The monoisotopic (exact) mass is 348 g/mol. The lowest BCUT2D eigenvalue weighted by Gasteiger charge is -2.39. The third-order valence-electron chi connectivity index (χ3n) is 4.96. The highest BCUT2D eigenvalue weighted by molar-refractivity contribution is 5.26. The smallest absolute Gasteiger partial charge is 0.180 e. The molecule has 1 aliphatic carbocycles. The third kappa shape index (κ3) is 5.65. The van der Waals surface area contributed by atoms with Crippen LogP contribution in [0.25, 0.3) is 0 Å². The van der Waals surface area contributed by atoms with Gasteiger partial charge in [-0.1, -0.05) is 42.5 Å². The van der Waals surface area contributed by atoms with Gasteiger partial charge in [0.1, 0.15) is 0 Å². The summed E-state index contributed by atoms with van der Waals surface area (Å²) in [6, 6.07) is 0. The second-order valence-corrected chi connectivity index (χ2v) is 7.95. The molecule has 0 aromatic heterocycles. The van der Waals surface area contributed by atoms with Gasteiger partial charge in [-0.05, 0) is 51.5 Å². The first-order valence-corrected chi connectivity index (χ1v) is 8.97. The van der Waals surface area contributed by atoms with Crippen LogP contribution in [0.3, 0.4) is 0 Å². The van der Waals surface area contributed by atoms with E-state index < -0.39 is 17.5 Å². The van der Waals surface area contributed by atoms with E-state index in [4.69, 9.17) is 9.47 Å². The van der Waals surface area contributed by atoms with Crippen LogP contribution in [0.4, 0.5) is 0 Å². The van der Waals surface area contributed by atoms with E-state index in [-0.39, 0.29) is 11.8 Å².